The molecule has 1 aromatic carbocycles. The fourth-order valence-electron chi connectivity index (χ4n) is 3.06. The molecule has 138 valence electrons. The van der Waals surface area contributed by atoms with Crippen LogP contribution < -0.4 is 4.90 Å². The minimum absolute atomic E-state index is 0.000700. The summed E-state index contributed by atoms with van der Waals surface area (Å²) in [4.78, 5) is 19.4. The SMILES string of the molecule is Cc1c(Cl)ccc2sc(N(CC3CCCO3)C(=O)C3=COCCO3)nc12. The van der Waals surface area contributed by atoms with E-state index in [2.05, 4.69) is 0 Å². The molecule has 1 unspecified atom stereocenters. The van der Waals surface area contributed by atoms with Gasteiger partial charge in [-0.2, -0.15) is 0 Å². The molecule has 0 spiro atoms. The Labute approximate surface area is 160 Å². The van der Waals surface area contributed by atoms with Crippen molar-refractivity contribution < 1.29 is 19.0 Å². The number of benzene rings is 1. The molecule has 1 saturated heterocycles. The minimum Gasteiger partial charge on any atom is -0.494 e. The Morgan fingerprint density at radius 1 is 1.38 bits per heavy atom. The highest BCUT2D eigenvalue weighted by molar-refractivity contribution is 7.22. The van der Waals surface area contributed by atoms with Gasteiger partial charge in [-0.3, -0.25) is 9.69 Å². The van der Waals surface area contributed by atoms with Gasteiger partial charge in [0.15, 0.2) is 5.13 Å². The van der Waals surface area contributed by atoms with Crippen molar-refractivity contribution in [2.24, 2.45) is 0 Å². The van der Waals surface area contributed by atoms with E-state index >= 15 is 0 Å². The van der Waals surface area contributed by atoms with Gasteiger partial charge in [-0.1, -0.05) is 22.9 Å². The molecule has 0 bridgehead atoms. The first-order chi connectivity index (χ1) is 12.6. The maximum Gasteiger partial charge on any atom is 0.298 e. The molecule has 0 saturated carbocycles. The number of carbonyl (C=O) groups excluding carboxylic acids is 1. The predicted molar refractivity (Wildman–Crippen MR) is 101 cm³/mol. The molecule has 1 fully saturated rings. The lowest BCUT2D eigenvalue weighted by molar-refractivity contribution is -0.120. The fourth-order valence-corrected chi connectivity index (χ4v) is 4.24. The summed E-state index contributed by atoms with van der Waals surface area (Å²) in [6.45, 7) is 3.90. The van der Waals surface area contributed by atoms with Gasteiger partial charge in [-0.05, 0) is 37.5 Å². The number of anilines is 1. The van der Waals surface area contributed by atoms with Crippen LogP contribution in [0.2, 0.25) is 5.02 Å². The van der Waals surface area contributed by atoms with Crippen molar-refractivity contribution in [3.63, 3.8) is 0 Å². The zero-order chi connectivity index (χ0) is 18.1. The Morgan fingerprint density at radius 2 is 2.27 bits per heavy atom. The summed E-state index contributed by atoms with van der Waals surface area (Å²) in [5, 5.41) is 1.28. The van der Waals surface area contributed by atoms with E-state index in [1.165, 1.54) is 17.6 Å². The summed E-state index contributed by atoms with van der Waals surface area (Å²) in [6, 6.07) is 3.79. The first-order valence-corrected chi connectivity index (χ1v) is 9.76. The second kappa shape index (κ2) is 7.42. The Morgan fingerprint density at radius 3 is 3.00 bits per heavy atom. The molecule has 1 atom stereocenters. The standard InChI is InChI=1S/C18H19ClN2O4S/c1-11-13(19)4-5-15-16(11)20-18(26-15)21(9-12-3-2-6-24-12)17(22)14-10-23-7-8-25-14/h4-5,10,12H,2-3,6-9H2,1H3. The molecule has 0 radical (unpaired) electrons. The molecule has 2 aromatic rings. The second-order valence-electron chi connectivity index (χ2n) is 6.27. The first kappa shape index (κ1) is 17.6. The Balaban J connectivity index is 1.70. The van der Waals surface area contributed by atoms with Crippen molar-refractivity contribution >= 4 is 44.2 Å². The third-order valence-electron chi connectivity index (χ3n) is 4.48. The van der Waals surface area contributed by atoms with E-state index in [-0.39, 0.29) is 17.8 Å². The third-order valence-corrected chi connectivity index (χ3v) is 5.94. The lowest BCUT2D eigenvalue weighted by atomic mass is 10.2. The van der Waals surface area contributed by atoms with Crippen molar-refractivity contribution in [3.05, 3.63) is 34.7 Å². The van der Waals surface area contributed by atoms with Crippen molar-refractivity contribution in [2.75, 3.05) is 31.3 Å². The molecule has 0 N–H and O–H groups in total. The van der Waals surface area contributed by atoms with Gasteiger partial charge in [0.05, 0.1) is 22.9 Å². The van der Waals surface area contributed by atoms with Gasteiger partial charge < -0.3 is 14.2 Å². The lowest BCUT2D eigenvalue weighted by Crippen LogP contribution is -2.39. The third kappa shape index (κ3) is 3.39. The number of nitrogens with zero attached hydrogens (tertiary/aromatic N) is 2. The number of carbonyl (C=O) groups is 1. The van der Waals surface area contributed by atoms with Gasteiger partial charge in [0.1, 0.15) is 19.5 Å². The van der Waals surface area contributed by atoms with Crippen LogP contribution in [-0.2, 0) is 19.0 Å². The zero-order valence-corrected chi connectivity index (χ0v) is 15.9. The Bertz CT molecular complexity index is 860. The van der Waals surface area contributed by atoms with Crippen LogP contribution in [0.25, 0.3) is 10.2 Å². The molecule has 2 aliphatic heterocycles. The monoisotopic (exact) mass is 394 g/mol. The van der Waals surface area contributed by atoms with Crippen LogP contribution in [0, 0.1) is 6.92 Å². The molecule has 6 nitrogen and oxygen atoms in total. The first-order valence-electron chi connectivity index (χ1n) is 8.57. The number of ether oxygens (including phenoxy) is 3. The summed E-state index contributed by atoms with van der Waals surface area (Å²) >= 11 is 7.68. The van der Waals surface area contributed by atoms with Gasteiger partial charge >= 0.3 is 0 Å². The average molecular weight is 395 g/mol. The van der Waals surface area contributed by atoms with Crippen molar-refractivity contribution in [1.82, 2.24) is 4.98 Å². The number of thiazole rings is 1. The normalized spacial score (nSPS) is 19.8. The van der Waals surface area contributed by atoms with Crippen molar-refractivity contribution in [2.45, 2.75) is 25.9 Å². The van der Waals surface area contributed by atoms with E-state index in [0.717, 1.165) is 35.2 Å². The van der Waals surface area contributed by atoms with Crippen LogP contribution in [-0.4, -0.2) is 43.4 Å². The van der Waals surface area contributed by atoms with Gasteiger partial charge in [-0.25, -0.2) is 4.98 Å². The molecule has 4 rings (SSSR count). The molecule has 1 amide bonds. The molecule has 2 aliphatic rings. The van der Waals surface area contributed by atoms with Crippen LogP contribution in [0.1, 0.15) is 18.4 Å². The lowest BCUT2D eigenvalue weighted by Gasteiger charge is -2.25. The van der Waals surface area contributed by atoms with Crippen molar-refractivity contribution in [1.29, 1.82) is 0 Å². The summed E-state index contributed by atoms with van der Waals surface area (Å²) in [5.74, 6) is -0.0636. The number of hydrogen-bond acceptors (Lipinski definition) is 6. The number of hydrogen-bond donors (Lipinski definition) is 0. The van der Waals surface area contributed by atoms with Crippen LogP contribution in [0.5, 0.6) is 0 Å². The second-order valence-corrected chi connectivity index (χ2v) is 7.68. The summed E-state index contributed by atoms with van der Waals surface area (Å²) in [6.07, 6.45) is 3.31. The number of amides is 1. The molecule has 1 aromatic heterocycles. The number of aromatic nitrogens is 1. The molecule has 26 heavy (non-hydrogen) atoms. The Hall–Kier alpha value is -1.83. The van der Waals surface area contributed by atoms with E-state index in [1.807, 2.05) is 19.1 Å². The zero-order valence-electron chi connectivity index (χ0n) is 14.4. The molecular formula is C18H19ClN2O4S. The topological polar surface area (TPSA) is 60.9 Å². The smallest absolute Gasteiger partial charge is 0.298 e. The molecule has 8 heteroatoms. The van der Waals surface area contributed by atoms with E-state index < -0.39 is 0 Å². The van der Waals surface area contributed by atoms with E-state index in [0.29, 0.717) is 29.9 Å². The Kier molecular flexibility index (Phi) is 5.02. The highest BCUT2D eigenvalue weighted by Gasteiger charge is 2.30. The molecule has 3 heterocycles. The predicted octanol–water partition coefficient (Wildman–Crippen LogP) is 3.66. The van der Waals surface area contributed by atoms with Crippen LogP contribution in [0.4, 0.5) is 5.13 Å². The summed E-state index contributed by atoms with van der Waals surface area (Å²) in [5.41, 5.74) is 1.73. The number of aryl methyl sites for hydroxylation is 1. The van der Waals surface area contributed by atoms with Crippen LogP contribution >= 0.6 is 22.9 Å². The highest BCUT2D eigenvalue weighted by atomic mass is 35.5. The molecular weight excluding hydrogens is 376 g/mol. The number of rotatable bonds is 4. The van der Waals surface area contributed by atoms with E-state index in [4.69, 9.17) is 30.8 Å². The average Bonchev–Trinajstić information content (AvgIpc) is 3.33. The molecule has 0 aliphatic carbocycles. The van der Waals surface area contributed by atoms with E-state index in [1.54, 1.807) is 4.90 Å². The van der Waals surface area contributed by atoms with Gasteiger partial charge in [-0.15, -0.1) is 0 Å². The van der Waals surface area contributed by atoms with E-state index in [9.17, 15) is 4.79 Å². The fraction of sp³-hybridized carbons (Fsp3) is 0.444. The van der Waals surface area contributed by atoms with Crippen LogP contribution in [0.15, 0.2) is 24.2 Å². The van der Waals surface area contributed by atoms with Gasteiger partial charge in [0.2, 0.25) is 5.76 Å². The largest absolute Gasteiger partial charge is 0.494 e. The highest BCUT2D eigenvalue weighted by Crippen LogP contribution is 2.34. The van der Waals surface area contributed by atoms with Gasteiger partial charge in [0.25, 0.3) is 5.91 Å². The summed E-state index contributed by atoms with van der Waals surface area (Å²) < 4.78 is 17.5. The van der Waals surface area contributed by atoms with Gasteiger partial charge in [0, 0.05) is 11.6 Å². The van der Waals surface area contributed by atoms with Crippen molar-refractivity contribution in [3.8, 4) is 0 Å². The maximum absolute atomic E-state index is 13.1. The number of fused-ring (bicyclic) bond motifs is 1. The minimum atomic E-state index is -0.261. The quantitative estimate of drug-likeness (QED) is 0.792. The summed E-state index contributed by atoms with van der Waals surface area (Å²) in [7, 11) is 0. The van der Waals surface area contributed by atoms with Crippen LogP contribution in [0.3, 0.4) is 0 Å². The maximum atomic E-state index is 13.1. The number of halogens is 1.